The maximum Gasteiger partial charge on any atom is 0.0704 e. The van der Waals surface area contributed by atoms with Crippen LogP contribution in [0, 0.1) is 6.07 Å². The minimum absolute atomic E-state index is 0. The molecule has 7 aromatic rings. The molecule has 0 aliphatic heterocycles. The average Bonchev–Trinajstić information content (AvgIpc) is 3.41. The maximum atomic E-state index is 4.54. The van der Waals surface area contributed by atoms with Gasteiger partial charge in [-0.25, -0.2) is 0 Å². The van der Waals surface area contributed by atoms with Crippen molar-refractivity contribution in [3.63, 3.8) is 0 Å². The Bertz CT molecular complexity index is 1780. The molecule has 0 aliphatic rings. The molecule has 3 aromatic heterocycles. The van der Waals surface area contributed by atoms with Crippen LogP contribution in [0.5, 0.6) is 0 Å². The van der Waals surface area contributed by atoms with Gasteiger partial charge in [0.25, 0.3) is 0 Å². The van der Waals surface area contributed by atoms with E-state index in [0.29, 0.717) is 0 Å². The summed E-state index contributed by atoms with van der Waals surface area (Å²) in [6.07, 6.45) is 1.83. The zero-order valence-corrected chi connectivity index (χ0v) is 20.7. The monoisotopic (exact) mass is 618 g/mol. The summed E-state index contributed by atoms with van der Waals surface area (Å²) in [7, 11) is 0. The molecular weight excluding hydrogens is 601 g/mol. The fourth-order valence-corrected chi connectivity index (χ4v) is 6.00. The molecule has 33 heavy (non-hydrogen) atoms. The van der Waals surface area contributed by atoms with Crippen molar-refractivity contribution in [3.05, 3.63) is 109 Å². The Morgan fingerprint density at radius 1 is 0.727 bits per heavy atom. The molecule has 0 spiro atoms. The molecule has 1 radical (unpaired) electrons. The molecule has 0 fully saturated rings. The molecule has 0 amide bonds. The Kier molecular flexibility index (Phi) is 4.88. The molecule has 4 aromatic carbocycles. The van der Waals surface area contributed by atoms with Gasteiger partial charge < -0.3 is 9.55 Å². The first kappa shape index (κ1) is 20.3. The number of rotatable bonds is 2. The Labute approximate surface area is 208 Å². The van der Waals surface area contributed by atoms with E-state index >= 15 is 0 Å². The molecule has 0 atom stereocenters. The zero-order chi connectivity index (χ0) is 21.1. The molecule has 0 bridgehead atoms. The van der Waals surface area contributed by atoms with Crippen LogP contribution in [0.15, 0.2) is 103 Å². The molecule has 7 rings (SSSR count). The van der Waals surface area contributed by atoms with Crippen molar-refractivity contribution in [2.24, 2.45) is 0 Å². The minimum atomic E-state index is 0. The average molecular weight is 618 g/mol. The number of nitrogens with zero attached hydrogens (tertiary/aromatic N) is 2. The van der Waals surface area contributed by atoms with Crippen molar-refractivity contribution < 1.29 is 20.1 Å². The fraction of sp³-hybridized carbons (Fsp3) is 0. The zero-order valence-electron chi connectivity index (χ0n) is 17.5. The van der Waals surface area contributed by atoms with Crippen molar-refractivity contribution in [3.8, 4) is 16.9 Å². The summed E-state index contributed by atoms with van der Waals surface area (Å²) in [4.78, 5) is 4.54. The third-order valence-electron chi connectivity index (χ3n) is 6.16. The van der Waals surface area contributed by atoms with Crippen LogP contribution in [-0.4, -0.2) is 9.55 Å². The summed E-state index contributed by atoms with van der Waals surface area (Å²) in [6.45, 7) is 0. The smallest absolute Gasteiger partial charge is 0.0704 e. The second kappa shape index (κ2) is 7.93. The van der Waals surface area contributed by atoms with Crippen molar-refractivity contribution in [1.29, 1.82) is 0 Å². The van der Waals surface area contributed by atoms with E-state index in [-0.39, 0.29) is 20.1 Å². The van der Waals surface area contributed by atoms with Gasteiger partial charge in [0.1, 0.15) is 0 Å². The van der Waals surface area contributed by atoms with Crippen LogP contribution in [0.2, 0.25) is 0 Å². The van der Waals surface area contributed by atoms with E-state index < -0.39 is 0 Å². The number of thiophene rings is 1. The van der Waals surface area contributed by atoms with Gasteiger partial charge in [-0.05, 0) is 29.6 Å². The Morgan fingerprint density at radius 2 is 1.52 bits per heavy atom. The van der Waals surface area contributed by atoms with Crippen LogP contribution >= 0.6 is 11.3 Å². The number of pyridine rings is 1. The van der Waals surface area contributed by atoms with Crippen molar-refractivity contribution >= 4 is 53.3 Å². The van der Waals surface area contributed by atoms with Gasteiger partial charge in [-0.3, -0.25) is 0 Å². The largest absolute Gasteiger partial charge is 0.326 e. The Hall–Kier alpha value is -3.30. The van der Waals surface area contributed by atoms with Gasteiger partial charge in [0.2, 0.25) is 0 Å². The van der Waals surface area contributed by atoms with Gasteiger partial charge >= 0.3 is 0 Å². The van der Waals surface area contributed by atoms with Gasteiger partial charge in [-0.15, -0.1) is 41.2 Å². The number of para-hydroxylation sites is 1. The first-order chi connectivity index (χ1) is 15.9. The summed E-state index contributed by atoms with van der Waals surface area (Å²) >= 11 is 1.87. The number of fused-ring (bicyclic) bond motifs is 7. The van der Waals surface area contributed by atoms with Gasteiger partial charge in [-0.2, -0.15) is 0 Å². The van der Waals surface area contributed by atoms with Crippen LogP contribution in [0.1, 0.15) is 0 Å². The number of benzene rings is 4. The summed E-state index contributed by atoms with van der Waals surface area (Å²) in [5.74, 6) is 0. The second-order valence-electron chi connectivity index (χ2n) is 7.96. The fourth-order valence-electron chi connectivity index (χ4n) is 4.76. The first-order valence-corrected chi connectivity index (χ1v) is 11.5. The van der Waals surface area contributed by atoms with E-state index in [9.17, 15) is 0 Å². The van der Waals surface area contributed by atoms with E-state index in [4.69, 9.17) is 0 Å². The molecule has 159 valence electrons. The third kappa shape index (κ3) is 3.07. The minimum Gasteiger partial charge on any atom is -0.326 e. The Balaban J connectivity index is 0.00000206. The van der Waals surface area contributed by atoms with Gasteiger partial charge in [-0.1, -0.05) is 60.7 Å². The summed E-state index contributed by atoms with van der Waals surface area (Å²) in [5.41, 5.74) is 5.54. The van der Waals surface area contributed by atoms with Crippen LogP contribution in [0.3, 0.4) is 0 Å². The quantitative estimate of drug-likeness (QED) is 0.180. The van der Waals surface area contributed by atoms with E-state index in [1.54, 1.807) is 0 Å². The topological polar surface area (TPSA) is 17.8 Å². The van der Waals surface area contributed by atoms with Crippen molar-refractivity contribution in [2.45, 2.75) is 0 Å². The molecule has 0 saturated heterocycles. The number of hydrogen-bond acceptors (Lipinski definition) is 2. The predicted octanol–water partition coefficient (Wildman–Crippen LogP) is 8.01. The molecule has 0 N–H and O–H groups in total. The third-order valence-corrected chi connectivity index (χ3v) is 7.36. The number of aromatic nitrogens is 2. The van der Waals surface area contributed by atoms with Gasteiger partial charge in [0.05, 0.1) is 15.7 Å². The summed E-state index contributed by atoms with van der Waals surface area (Å²) in [6, 6.07) is 37.6. The number of hydrogen-bond donors (Lipinski definition) is 0. The molecule has 2 nitrogen and oxygen atoms in total. The second-order valence-corrected chi connectivity index (χ2v) is 9.02. The maximum absolute atomic E-state index is 4.54. The van der Waals surface area contributed by atoms with Crippen molar-refractivity contribution in [2.75, 3.05) is 0 Å². The molecule has 0 unspecified atom stereocenters. The molecule has 0 aliphatic carbocycles. The standard InChI is InChI=1S/C29H17N2S.Ir/c1-3-13-26-21(10-1)23-15-16-24-22-11-2-4-14-27(22)32-29(24)28(23)31(26)20-9-7-8-19(18-20)25-12-5-6-17-30-25;/h1-7,9-18H;/q-1;. The summed E-state index contributed by atoms with van der Waals surface area (Å²) < 4.78 is 5.05. The van der Waals surface area contributed by atoms with Crippen molar-refractivity contribution in [1.82, 2.24) is 9.55 Å². The van der Waals surface area contributed by atoms with Gasteiger partial charge in [0.15, 0.2) is 0 Å². The molecular formula is C29H17IrN2S-. The summed E-state index contributed by atoms with van der Waals surface area (Å²) in [5, 5.41) is 5.19. The van der Waals surface area contributed by atoms with Crippen LogP contribution in [0.25, 0.3) is 58.9 Å². The van der Waals surface area contributed by atoms with Gasteiger partial charge in [0, 0.05) is 52.5 Å². The van der Waals surface area contributed by atoms with E-state index in [0.717, 1.165) is 16.9 Å². The SMILES string of the molecule is [Ir].[c-]1ccc(-n2c3ccccc3c3ccc4c5ccccc5sc4c32)cc1-c1ccccn1. The normalized spacial score (nSPS) is 11.4. The molecule has 3 heterocycles. The Morgan fingerprint density at radius 3 is 2.39 bits per heavy atom. The van der Waals surface area contributed by atoms with Crippen LogP contribution in [0.4, 0.5) is 0 Å². The molecule has 4 heteroatoms. The van der Waals surface area contributed by atoms with Crippen LogP contribution in [-0.2, 0) is 20.1 Å². The first-order valence-electron chi connectivity index (χ1n) is 10.7. The van der Waals surface area contributed by atoms with E-state index in [1.807, 2.05) is 41.8 Å². The van der Waals surface area contributed by atoms with E-state index in [1.165, 1.54) is 42.0 Å². The molecule has 0 saturated carbocycles. The van der Waals surface area contributed by atoms with Crippen LogP contribution < -0.4 is 0 Å². The van der Waals surface area contributed by atoms with E-state index in [2.05, 4.69) is 88.4 Å². The predicted molar refractivity (Wildman–Crippen MR) is 136 cm³/mol.